The highest BCUT2D eigenvalue weighted by atomic mass is 19.4. The average Bonchev–Trinajstić information content (AvgIpc) is 2.81. The number of carbonyl (C=O) groups is 1. The first-order valence-electron chi connectivity index (χ1n) is 11.1. The van der Waals surface area contributed by atoms with E-state index < -0.39 is 17.9 Å². The Morgan fingerprint density at radius 1 is 1.03 bits per heavy atom. The van der Waals surface area contributed by atoms with Crippen molar-refractivity contribution in [1.29, 1.82) is 0 Å². The van der Waals surface area contributed by atoms with Crippen molar-refractivity contribution in [2.75, 3.05) is 6.54 Å². The predicted octanol–water partition coefficient (Wildman–Crippen LogP) is 5.69. The number of halogens is 4. The summed E-state index contributed by atoms with van der Waals surface area (Å²) in [5.41, 5.74) is 1.71. The molecule has 0 spiro atoms. The fourth-order valence-corrected chi connectivity index (χ4v) is 3.73. The van der Waals surface area contributed by atoms with Gasteiger partial charge in [0, 0.05) is 18.8 Å². The lowest BCUT2D eigenvalue weighted by molar-refractivity contribution is -0.141. The van der Waals surface area contributed by atoms with E-state index in [0.29, 0.717) is 30.5 Å². The minimum absolute atomic E-state index is 0.200. The number of pyridine rings is 1. The van der Waals surface area contributed by atoms with Crippen LogP contribution in [0.2, 0.25) is 0 Å². The van der Waals surface area contributed by atoms with Crippen LogP contribution >= 0.6 is 0 Å². The number of hydrogen-bond donors (Lipinski definition) is 2. The molecule has 3 rings (SSSR count). The second-order valence-corrected chi connectivity index (χ2v) is 8.05. The molecule has 0 aliphatic heterocycles. The van der Waals surface area contributed by atoms with E-state index in [-0.39, 0.29) is 17.8 Å². The highest BCUT2D eigenvalue weighted by molar-refractivity contribution is 5.83. The van der Waals surface area contributed by atoms with Crippen LogP contribution in [0.4, 0.5) is 17.6 Å². The standard InChI is InChI=1S/C26H27F4N3O/c1-3-31-25(34)24(19-7-5-4-6-8-19)33-22(20-11-12-21(27)17(2)15-20)13-9-18-10-14-23(32-16-18)26(28,29)30/h4-8,10-12,14-16,22,24,33H,3,9,13H2,1-2H3,(H,31,34)/t22-,24+/m1/s1. The Bertz CT molecular complexity index is 1090. The maximum absolute atomic E-state index is 13.9. The van der Waals surface area contributed by atoms with Crippen LogP contribution in [0.15, 0.2) is 66.9 Å². The van der Waals surface area contributed by atoms with Crippen molar-refractivity contribution in [1.82, 2.24) is 15.6 Å². The van der Waals surface area contributed by atoms with Crippen molar-refractivity contribution in [3.8, 4) is 0 Å². The number of aromatic nitrogens is 1. The number of likely N-dealkylation sites (N-methyl/N-ethyl adjacent to an activating group) is 1. The lowest BCUT2D eigenvalue weighted by Gasteiger charge is -2.26. The topological polar surface area (TPSA) is 54.0 Å². The van der Waals surface area contributed by atoms with Gasteiger partial charge in [-0.2, -0.15) is 13.2 Å². The predicted molar refractivity (Wildman–Crippen MR) is 122 cm³/mol. The van der Waals surface area contributed by atoms with Gasteiger partial charge in [0.25, 0.3) is 0 Å². The third-order valence-corrected chi connectivity index (χ3v) is 5.54. The summed E-state index contributed by atoms with van der Waals surface area (Å²) in [7, 11) is 0. The van der Waals surface area contributed by atoms with Gasteiger partial charge in [0.2, 0.25) is 5.91 Å². The molecule has 0 aliphatic rings. The first-order chi connectivity index (χ1) is 16.2. The molecule has 1 amide bonds. The monoisotopic (exact) mass is 473 g/mol. The summed E-state index contributed by atoms with van der Waals surface area (Å²) in [4.78, 5) is 16.4. The summed E-state index contributed by atoms with van der Waals surface area (Å²) >= 11 is 0. The largest absolute Gasteiger partial charge is 0.433 e. The zero-order chi connectivity index (χ0) is 24.7. The van der Waals surface area contributed by atoms with Crippen molar-refractivity contribution < 1.29 is 22.4 Å². The second kappa shape index (κ2) is 11.2. The number of alkyl halides is 3. The molecule has 0 aliphatic carbocycles. The molecule has 8 heteroatoms. The van der Waals surface area contributed by atoms with E-state index in [9.17, 15) is 22.4 Å². The molecule has 0 bridgehead atoms. The maximum atomic E-state index is 13.9. The van der Waals surface area contributed by atoms with Crippen molar-refractivity contribution in [2.45, 2.75) is 44.9 Å². The molecule has 3 aromatic rings. The van der Waals surface area contributed by atoms with Gasteiger partial charge in [0.05, 0.1) is 0 Å². The summed E-state index contributed by atoms with van der Waals surface area (Å²) < 4.78 is 52.4. The highest BCUT2D eigenvalue weighted by Gasteiger charge is 2.32. The molecular formula is C26H27F4N3O. The maximum Gasteiger partial charge on any atom is 0.433 e. The van der Waals surface area contributed by atoms with Crippen molar-refractivity contribution in [2.24, 2.45) is 0 Å². The summed E-state index contributed by atoms with van der Waals surface area (Å²) in [6.45, 7) is 3.95. The number of nitrogens with zero attached hydrogens (tertiary/aromatic N) is 1. The van der Waals surface area contributed by atoms with Crippen LogP contribution in [-0.4, -0.2) is 17.4 Å². The average molecular weight is 474 g/mol. The molecule has 2 N–H and O–H groups in total. The van der Waals surface area contributed by atoms with Gasteiger partial charge in [0.1, 0.15) is 17.6 Å². The minimum atomic E-state index is -4.50. The van der Waals surface area contributed by atoms with Crippen LogP contribution < -0.4 is 10.6 Å². The van der Waals surface area contributed by atoms with Crippen molar-refractivity contribution in [3.63, 3.8) is 0 Å². The number of nitrogens with one attached hydrogen (secondary N) is 2. The molecule has 4 nitrogen and oxygen atoms in total. The third-order valence-electron chi connectivity index (χ3n) is 5.54. The first kappa shape index (κ1) is 25.4. The Hall–Kier alpha value is -3.26. The quantitative estimate of drug-likeness (QED) is 0.393. The van der Waals surface area contributed by atoms with Gasteiger partial charge in [-0.05, 0) is 61.1 Å². The van der Waals surface area contributed by atoms with Crippen LogP contribution in [0.5, 0.6) is 0 Å². The molecule has 0 unspecified atom stereocenters. The Kier molecular flexibility index (Phi) is 8.39. The Morgan fingerprint density at radius 2 is 1.76 bits per heavy atom. The van der Waals surface area contributed by atoms with E-state index in [4.69, 9.17) is 0 Å². The molecule has 34 heavy (non-hydrogen) atoms. The van der Waals surface area contributed by atoms with Gasteiger partial charge in [-0.25, -0.2) is 4.39 Å². The number of hydrogen-bond acceptors (Lipinski definition) is 3. The summed E-state index contributed by atoms with van der Waals surface area (Å²) in [5, 5.41) is 6.23. The van der Waals surface area contributed by atoms with Crippen LogP contribution in [-0.2, 0) is 17.4 Å². The van der Waals surface area contributed by atoms with E-state index >= 15 is 0 Å². The summed E-state index contributed by atoms with van der Waals surface area (Å²) in [5.74, 6) is -0.536. The van der Waals surface area contributed by atoms with E-state index in [1.807, 2.05) is 37.3 Å². The number of carbonyl (C=O) groups excluding carboxylic acids is 1. The molecule has 2 atom stereocenters. The summed E-state index contributed by atoms with van der Waals surface area (Å²) in [6, 6.07) is 15.3. The van der Waals surface area contributed by atoms with Crippen LogP contribution in [0.1, 0.15) is 53.4 Å². The Morgan fingerprint density at radius 3 is 2.35 bits per heavy atom. The van der Waals surface area contributed by atoms with E-state index in [1.54, 1.807) is 19.1 Å². The molecule has 0 saturated heterocycles. The van der Waals surface area contributed by atoms with Gasteiger partial charge >= 0.3 is 6.18 Å². The fraction of sp³-hybridized carbons (Fsp3) is 0.308. The van der Waals surface area contributed by atoms with Gasteiger partial charge in [-0.1, -0.05) is 48.5 Å². The number of amides is 1. The van der Waals surface area contributed by atoms with Gasteiger partial charge in [-0.15, -0.1) is 0 Å². The summed E-state index contributed by atoms with van der Waals surface area (Å²) in [6.07, 6.45) is -2.41. The van der Waals surface area contributed by atoms with Gasteiger partial charge in [0.15, 0.2) is 0 Å². The highest BCUT2D eigenvalue weighted by Crippen LogP contribution is 2.29. The Labute approximate surface area is 196 Å². The van der Waals surface area contributed by atoms with Gasteiger partial charge < -0.3 is 5.32 Å². The lowest BCUT2D eigenvalue weighted by atomic mass is 9.95. The molecule has 0 fully saturated rings. The van der Waals surface area contributed by atoms with Crippen molar-refractivity contribution >= 4 is 5.91 Å². The molecular weight excluding hydrogens is 446 g/mol. The molecule has 2 aromatic carbocycles. The molecule has 1 aromatic heterocycles. The molecule has 0 radical (unpaired) electrons. The number of benzene rings is 2. The lowest BCUT2D eigenvalue weighted by Crippen LogP contribution is -2.39. The SMILES string of the molecule is CCNC(=O)[C@@H](N[C@H](CCc1ccc(C(F)(F)F)nc1)c1ccc(F)c(C)c1)c1ccccc1. The fourth-order valence-electron chi connectivity index (χ4n) is 3.73. The molecule has 180 valence electrons. The van der Waals surface area contributed by atoms with E-state index in [0.717, 1.165) is 17.2 Å². The number of aryl methyl sites for hydroxylation is 2. The smallest absolute Gasteiger partial charge is 0.355 e. The second-order valence-electron chi connectivity index (χ2n) is 8.05. The Balaban J connectivity index is 1.88. The normalized spacial score (nSPS) is 13.4. The molecule has 0 saturated carbocycles. The zero-order valence-electron chi connectivity index (χ0n) is 19.0. The first-order valence-corrected chi connectivity index (χ1v) is 11.1. The number of rotatable bonds is 9. The van der Waals surface area contributed by atoms with Crippen LogP contribution in [0.25, 0.3) is 0 Å². The zero-order valence-corrected chi connectivity index (χ0v) is 19.0. The third kappa shape index (κ3) is 6.63. The van der Waals surface area contributed by atoms with Crippen LogP contribution in [0.3, 0.4) is 0 Å². The van der Waals surface area contributed by atoms with E-state index in [1.165, 1.54) is 18.3 Å². The van der Waals surface area contributed by atoms with Crippen molar-refractivity contribution in [3.05, 3.63) is 101 Å². The minimum Gasteiger partial charge on any atom is -0.355 e. The van der Waals surface area contributed by atoms with E-state index in [2.05, 4.69) is 15.6 Å². The van der Waals surface area contributed by atoms with Crippen LogP contribution in [0, 0.1) is 12.7 Å². The van der Waals surface area contributed by atoms with Gasteiger partial charge in [-0.3, -0.25) is 15.1 Å². The molecule has 1 heterocycles.